The van der Waals surface area contributed by atoms with Gasteiger partial charge in [-0.2, -0.15) is 4.98 Å². The van der Waals surface area contributed by atoms with Crippen molar-refractivity contribution in [1.29, 1.82) is 0 Å². The van der Waals surface area contributed by atoms with Crippen molar-refractivity contribution in [3.05, 3.63) is 71.7 Å². The Hall–Kier alpha value is -2.80. The Morgan fingerprint density at radius 2 is 2.15 bits per heavy atom. The molecule has 0 spiro atoms. The summed E-state index contributed by atoms with van der Waals surface area (Å²) in [5.74, 6) is 0.797. The number of aryl methyl sites for hydroxylation is 1. The maximum atomic E-state index is 14.5. The molecule has 0 aliphatic rings. The number of aromatic nitrogens is 2. The van der Waals surface area contributed by atoms with Gasteiger partial charge in [0.1, 0.15) is 11.6 Å². The number of halogens is 1. The predicted octanol–water partition coefficient (Wildman–Crippen LogP) is 4.60. The molecule has 0 aliphatic heterocycles. The van der Waals surface area contributed by atoms with Gasteiger partial charge in [0.05, 0.1) is 0 Å². The number of allylic oxidation sites excluding steroid dienone is 3. The first-order valence-electron chi connectivity index (χ1n) is 8.10. The van der Waals surface area contributed by atoms with Gasteiger partial charge in [0, 0.05) is 34.3 Å². The molecule has 0 saturated carbocycles. The zero-order chi connectivity index (χ0) is 18.9. The highest BCUT2D eigenvalue weighted by Crippen LogP contribution is 2.31. The molecule has 4 N–H and O–H groups in total. The van der Waals surface area contributed by atoms with E-state index in [0.29, 0.717) is 22.3 Å². The Morgan fingerprint density at radius 1 is 1.35 bits per heavy atom. The molecule has 0 fully saturated rings. The molecule has 1 aromatic carbocycles. The van der Waals surface area contributed by atoms with E-state index >= 15 is 0 Å². The summed E-state index contributed by atoms with van der Waals surface area (Å²) in [4.78, 5) is 9.97. The molecular weight excluding hydrogens is 349 g/mol. The van der Waals surface area contributed by atoms with Gasteiger partial charge in [0.2, 0.25) is 5.95 Å². The highest BCUT2D eigenvalue weighted by Gasteiger charge is 2.08. The third-order valence-corrected chi connectivity index (χ3v) is 4.40. The highest BCUT2D eigenvalue weighted by atomic mass is 32.2. The smallest absolute Gasteiger partial charge is 0.224 e. The van der Waals surface area contributed by atoms with Crippen LogP contribution in [-0.4, -0.2) is 17.0 Å². The van der Waals surface area contributed by atoms with Crippen molar-refractivity contribution in [2.24, 2.45) is 5.73 Å². The van der Waals surface area contributed by atoms with Gasteiger partial charge in [-0.05, 0) is 43.0 Å². The second-order valence-corrected chi connectivity index (χ2v) is 6.32. The molecule has 0 atom stereocenters. The molecule has 1 heterocycles. The fraction of sp³-hybridized carbons (Fsp3) is 0.158. The summed E-state index contributed by atoms with van der Waals surface area (Å²) >= 11 is 1.28. The molecule has 26 heavy (non-hydrogen) atoms. The maximum Gasteiger partial charge on any atom is 0.224 e. The van der Waals surface area contributed by atoms with E-state index in [2.05, 4.69) is 27.2 Å². The lowest BCUT2D eigenvalue weighted by molar-refractivity contribution is 0.603. The minimum absolute atomic E-state index is 0.334. The van der Waals surface area contributed by atoms with E-state index in [0.717, 1.165) is 17.0 Å². The Balaban J connectivity index is 2.22. The van der Waals surface area contributed by atoms with E-state index in [-0.39, 0.29) is 5.82 Å². The number of hydrogen-bond acceptors (Lipinski definition) is 6. The molecule has 0 aliphatic carbocycles. The lowest BCUT2D eigenvalue weighted by Crippen LogP contribution is -2.03. The van der Waals surface area contributed by atoms with Crippen molar-refractivity contribution in [2.45, 2.75) is 18.2 Å². The Kier molecular flexibility index (Phi) is 7.23. The number of rotatable bonds is 8. The van der Waals surface area contributed by atoms with E-state index in [1.165, 1.54) is 24.0 Å². The van der Waals surface area contributed by atoms with E-state index < -0.39 is 0 Å². The molecule has 0 radical (unpaired) electrons. The standard InChI is InChI=1S/C19H22FN5S/c1-4-6-15(9-10-21)26-17-8-7-14(11-16(17)20)23-18-12-13(5-2)24-19(22-3)25-18/h4,6-12H,1,5,21H2,2-3H3,(H2,22,23,24,25)/b10-9-,15-6+. The van der Waals surface area contributed by atoms with Gasteiger partial charge in [-0.15, -0.1) is 0 Å². The van der Waals surface area contributed by atoms with Crippen LogP contribution in [0, 0.1) is 5.82 Å². The lowest BCUT2D eigenvalue weighted by atomic mass is 10.3. The molecule has 7 heteroatoms. The Labute approximate surface area is 157 Å². The highest BCUT2D eigenvalue weighted by molar-refractivity contribution is 8.03. The van der Waals surface area contributed by atoms with Gasteiger partial charge < -0.3 is 16.4 Å². The predicted molar refractivity (Wildman–Crippen MR) is 108 cm³/mol. The largest absolute Gasteiger partial charge is 0.405 e. The first-order valence-corrected chi connectivity index (χ1v) is 8.92. The van der Waals surface area contributed by atoms with Crippen LogP contribution in [0.1, 0.15) is 12.6 Å². The molecule has 0 unspecified atom stereocenters. The molecule has 5 nitrogen and oxygen atoms in total. The van der Waals surface area contributed by atoms with E-state index in [1.807, 2.05) is 13.0 Å². The normalized spacial score (nSPS) is 11.6. The van der Waals surface area contributed by atoms with Crippen LogP contribution in [-0.2, 0) is 6.42 Å². The third kappa shape index (κ3) is 5.35. The fourth-order valence-electron chi connectivity index (χ4n) is 2.13. The number of hydrogen-bond donors (Lipinski definition) is 3. The van der Waals surface area contributed by atoms with Crippen LogP contribution in [0.15, 0.2) is 65.1 Å². The topological polar surface area (TPSA) is 75.9 Å². The quantitative estimate of drug-likeness (QED) is 0.465. The van der Waals surface area contributed by atoms with Crippen molar-refractivity contribution in [3.8, 4) is 0 Å². The summed E-state index contributed by atoms with van der Waals surface area (Å²) in [7, 11) is 1.76. The van der Waals surface area contributed by atoms with E-state index in [9.17, 15) is 4.39 Å². The number of benzene rings is 1. The SMILES string of the molecule is C=C/C=C(\C=C/N)Sc1ccc(Nc2cc(CC)nc(NC)n2)cc1F. The Morgan fingerprint density at radius 3 is 2.77 bits per heavy atom. The summed E-state index contributed by atoms with van der Waals surface area (Å²) in [6, 6.07) is 6.80. The van der Waals surface area contributed by atoms with Crippen molar-refractivity contribution in [1.82, 2.24) is 9.97 Å². The van der Waals surface area contributed by atoms with Crippen molar-refractivity contribution >= 4 is 29.2 Å². The summed E-state index contributed by atoms with van der Waals surface area (Å²) in [6.45, 7) is 5.67. The lowest BCUT2D eigenvalue weighted by Gasteiger charge is -2.10. The summed E-state index contributed by atoms with van der Waals surface area (Å²) in [5, 5.41) is 6.04. The van der Waals surface area contributed by atoms with Gasteiger partial charge in [-0.3, -0.25) is 0 Å². The average Bonchev–Trinajstić information content (AvgIpc) is 2.64. The molecule has 136 valence electrons. The molecule has 0 saturated heterocycles. The van der Waals surface area contributed by atoms with Crippen molar-refractivity contribution in [3.63, 3.8) is 0 Å². The van der Waals surface area contributed by atoms with Crippen LogP contribution in [0.4, 0.5) is 21.8 Å². The second kappa shape index (κ2) is 9.62. The van der Waals surface area contributed by atoms with Gasteiger partial charge in [0.15, 0.2) is 0 Å². The fourth-order valence-corrected chi connectivity index (χ4v) is 2.98. The zero-order valence-corrected chi connectivity index (χ0v) is 15.6. The van der Waals surface area contributed by atoms with Crippen LogP contribution in [0.3, 0.4) is 0 Å². The number of nitrogens with two attached hydrogens (primary N) is 1. The minimum Gasteiger partial charge on any atom is -0.405 e. The van der Waals surface area contributed by atoms with Crippen molar-refractivity contribution < 1.29 is 4.39 Å². The molecule has 0 bridgehead atoms. The average molecular weight is 371 g/mol. The Bertz CT molecular complexity index is 810. The van der Waals surface area contributed by atoms with Crippen molar-refractivity contribution in [2.75, 3.05) is 17.7 Å². The molecule has 2 rings (SSSR count). The van der Waals surface area contributed by atoms with Gasteiger partial charge in [-0.1, -0.05) is 31.3 Å². The van der Waals surface area contributed by atoms with Gasteiger partial charge in [0.25, 0.3) is 0 Å². The van der Waals surface area contributed by atoms with E-state index in [4.69, 9.17) is 5.73 Å². The summed E-state index contributed by atoms with van der Waals surface area (Å²) in [6.07, 6.45) is 7.30. The first kappa shape index (κ1) is 19.5. The van der Waals surface area contributed by atoms with Crippen LogP contribution < -0.4 is 16.4 Å². The van der Waals surface area contributed by atoms with Crippen LogP contribution in [0.2, 0.25) is 0 Å². The molecular formula is C19H22FN5S. The van der Waals surface area contributed by atoms with Crippen LogP contribution in [0.5, 0.6) is 0 Å². The van der Waals surface area contributed by atoms with E-state index in [1.54, 1.807) is 37.4 Å². The third-order valence-electron chi connectivity index (χ3n) is 3.34. The zero-order valence-electron chi connectivity index (χ0n) is 14.8. The monoisotopic (exact) mass is 371 g/mol. The van der Waals surface area contributed by atoms with Gasteiger partial charge >= 0.3 is 0 Å². The molecule has 2 aromatic rings. The number of nitrogens with zero attached hydrogens (tertiary/aromatic N) is 2. The first-order chi connectivity index (χ1) is 12.6. The number of thioether (sulfide) groups is 1. The summed E-state index contributed by atoms with van der Waals surface area (Å²) in [5.41, 5.74) is 6.92. The minimum atomic E-state index is -0.334. The summed E-state index contributed by atoms with van der Waals surface area (Å²) < 4.78 is 14.5. The maximum absolute atomic E-state index is 14.5. The number of nitrogens with one attached hydrogen (secondary N) is 2. The number of anilines is 3. The van der Waals surface area contributed by atoms with Gasteiger partial charge in [-0.25, -0.2) is 9.37 Å². The second-order valence-electron chi connectivity index (χ2n) is 5.21. The van der Waals surface area contributed by atoms with Crippen LogP contribution >= 0.6 is 11.8 Å². The van der Waals surface area contributed by atoms with Crippen LogP contribution in [0.25, 0.3) is 0 Å². The molecule has 1 aromatic heterocycles. The molecule has 0 amide bonds.